The highest BCUT2D eigenvalue weighted by Crippen LogP contribution is 2.28. The van der Waals surface area contributed by atoms with Gasteiger partial charge in [-0.2, -0.15) is 0 Å². The van der Waals surface area contributed by atoms with Crippen LogP contribution in [0.2, 0.25) is 5.02 Å². The van der Waals surface area contributed by atoms with Crippen molar-refractivity contribution in [2.75, 3.05) is 5.73 Å². The van der Waals surface area contributed by atoms with Crippen molar-refractivity contribution in [1.29, 1.82) is 0 Å². The molecule has 0 aromatic heterocycles. The highest BCUT2D eigenvalue weighted by Gasteiger charge is 2.02. The lowest BCUT2D eigenvalue weighted by atomic mass is 10.1. The molecule has 1 nitrogen and oxygen atoms in total. The monoisotopic (exact) mass is 277 g/mol. The summed E-state index contributed by atoms with van der Waals surface area (Å²) in [6.45, 7) is 4.26. The Hall–Kier alpha value is -1.12. The molecule has 3 heteroatoms. The fraction of sp³-hybridized carbons (Fsp3) is 0.200. The highest BCUT2D eigenvalue weighted by atomic mass is 35.5. The molecular formula is C15H16ClNS. The van der Waals surface area contributed by atoms with Gasteiger partial charge < -0.3 is 5.73 Å². The maximum absolute atomic E-state index is 5.94. The van der Waals surface area contributed by atoms with Gasteiger partial charge in [0, 0.05) is 21.4 Å². The Balaban J connectivity index is 2.09. The molecule has 0 unspecified atom stereocenters. The quantitative estimate of drug-likeness (QED) is 0.642. The molecule has 0 atom stereocenters. The summed E-state index contributed by atoms with van der Waals surface area (Å²) < 4.78 is 0. The van der Waals surface area contributed by atoms with Gasteiger partial charge in [0.15, 0.2) is 0 Å². The lowest BCUT2D eigenvalue weighted by Gasteiger charge is -2.07. The molecule has 2 N–H and O–H groups in total. The summed E-state index contributed by atoms with van der Waals surface area (Å²) in [5.74, 6) is 0.867. The SMILES string of the molecule is Cc1ccc(SCc2ccc(Cl)cc2N)cc1C. The van der Waals surface area contributed by atoms with Gasteiger partial charge in [0.2, 0.25) is 0 Å². The van der Waals surface area contributed by atoms with Crippen molar-refractivity contribution in [3.63, 3.8) is 0 Å². The second kappa shape index (κ2) is 5.68. The third-order valence-electron chi connectivity index (χ3n) is 2.98. The van der Waals surface area contributed by atoms with E-state index in [0.29, 0.717) is 5.02 Å². The van der Waals surface area contributed by atoms with E-state index in [0.717, 1.165) is 17.0 Å². The van der Waals surface area contributed by atoms with Crippen molar-refractivity contribution < 1.29 is 0 Å². The standard InChI is InChI=1S/C15H16ClNS/c1-10-3-6-14(7-11(10)2)18-9-12-4-5-13(16)8-15(12)17/h3-8H,9,17H2,1-2H3. The van der Waals surface area contributed by atoms with Crippen molar-refractivity contribution in [3.05, 3.63) is 58.1 Å². The summed E-state index contributed by atoms with van der Waals surface area (Å²) >= 11 is 7.68. The van der Waals surface area contributed by atoms with E-state index in [2.05, 4.69) is 32.0 Å². The van der Waals surface area contributed by atoms with Crippen molar-refractivity contribution in [1.82, 2.24) is 0 Å². The van der Waals surface area contributed by atoms with E-state index in [4.69, 9.17) is 17.3 Å². The zero-order chi connectivity index (χ0) is 13.1. The number of halogens is 1. The fourth-order valence-corrected chi connectivity index (χ4v) is 2.85. The van der Waals surface area contributed by atoms with Crippen LogP contribution in [0.5, 0.6) is 0 Å². The third-order valence-corrected chi connectivity index (χ3v) is 4.26. The summed E-state index contributed by atoms with van der Waals surface area (Å²) in [5, 5.41) is 0.687. The predicted molar refractivity (Wildman–Crippen MR) is 81.3 cm³/mol. The second-order valence-corrected chi connectivity index (χ2v) is 5.86. The average Bonchev–Trinajstić information content (AvgIpc) is 2.32. The highest BCUT2D eigenvalue weighted by molar-refractivity contribution is 7.98. The fourth-order valence-electron chi connectivity index (χ4n) is 1.66. The Kier molecular flexibility index (Phi) is 4.20. The number of anilines is 1. The van der Waals surface area contributed by atoms with E-state index >= 15 is 0 Å². The van der Waals surface area contributed by atoms with Gasteiger partial charge in [-0.3, -0.25) is 0 Å². The first-order valence-corrected chi connectivity index (χ1v) is 7.16. The summed E-state index contributed by atoms with van der Waals surface area (Å²) in [4.78, 5) is 1.27. The first-order chi connectivity index (χ1) is 8.56. The largest absolute Gasteiger partial charge is 0.398 e. The summed E-state index contributed by atoms with van der Waals surface area (Å²) in [6.07, 6.45) is 0. The Morgan fingerprint density at radius 3 is 2.50 bits per heavy atom. The molecule has 0 saturated heterocycles. The van der Waals surface area contributed by atoms with Crippen molar-refractivity contribution in [2.45, 2.75) is 24.5 Å². The van der Waals surface area contributed by atoms with Crippen LogP contribution in [0.1, 0.15) is 16.7 Å². The number of thioether (sulfide) groups is 1. The first kappa shape index (κ1) is 13.3. The van der Waals surface area contributed by atoms with Gasteiger partial charge in [-0.25, -0.2) is 0 Å². The number of aryl methyl sites for hydroxylation is 2. The van der Waals surface area contributed by atoms with Crippen LogP contribution in [0.3, 0.4) is 0 Å². The second-order valence-electron chi connectivity index (χ2n) is 4.38. The van der Waals surface area contributed by atoms with Gasteiger partial charge in [0.1, 0.15) is 0 Å². The van der Waals surface area contributed by atoms with Crippen LogP contribution < -0.4 is 5.73 Å². The molecule has 2 aromatic rings. The summed E-state index contributed by atoms with van der Waals surface area (Å²) in [7, 11) is 0. The molecule has 0 aliphatic carbocycles. The number of nitrogen functional groups attached to an aromatic ring is 1. The van der Waals surface area contributed by atoms with Gasteiger partial charge in [0.05, 0.1) is 0 Å². The minimum Gasteiger partial charge on any atom is -0.398 e. The Morgan fingerprint density at radius 1 is 1.06 bits per heavy atom. The normalized spacial score (nSPS) is 10.6. The number of nitrogens with two attached hydrogens (primary N) is 1. The van der Waals surface area contributed by atoms with Gasteiger partial charge >= 0.3 is 0 Å². The van der Waals surface area contributed by atoms with Crippen LogP contribution in [-0.2, 0) is 5.75 Å². The minimum atomic E-state index is 0.687. The Bertz CT molecular complexity index is 566. The van der Waals surface area contributed by atoms with Gasteiger partial charge in [-0.05, 0) is 54.8 Å². The van der Waals surface area contributed by atoms with Gasteiger partial charge in [-0.15, -0.1) is 11.8 Å². The van der Waals surface area contributed by atoms with E-state index in [1.165, 1.54) is 16.0 Å². The molecule has 2 rings (SSSR count). The van der Waals surface area contributed by atoms with Gasteiger partial charge in [0.25, 0.3) is 0 Å². The predicted octanol–water partition coefficient (Wildman–Crippen LogP) is 4.83. The molecular weight excluding hydrogens is 262 g/mol. The maximum Gasteiger partial charge on any atom is 0.0426 e. The molecule has 0 aliphatic rings. The topological polar surface area (TPSA) is 26.0 Å². The van der Waals surface area contributed by atoms with Crippen molar-refractivity contribution >= 4 is 29.1 Å². The van der Waals surface area contributed by atoms with Crippen LogP contribution in [0.4, 0.5) is 5.69 Å². The maximum atomic E-state index is 5.94. The molecule has 0 fully saturated rings. The van der Waals surface area contributed by atoms with Crippen LogP contribution in [0, 0.1) is 13.8 Å². The van der Waals surface area contributed by atoms with E-state index in [1.807, 2.05) is 12.1 Å². The third kappa shape index (κ3) is 3.21. The average molecular weight is 278 g/mol. The molecule has 94 valence electrons. The number of rotatable bonds is 3. The first-order valence-electron chi connectivity index (χ1n) is 5.80. The van der Waals surface area contributed by atoms with E-state index < -0.39 is 0 Å². The molecule has 2 aromatic carbocycles. The van der Waals surface area contributed by atoms with E-state index in [-0.39, 0.29) is 0 Å². The lowest BCUT2D eigenvalue weighted by molar-refractivity contribution is 1.27. The molecule has 0 spiro atoms. The Labute approximate surface area is 117 Å². The molecule has 0 radical (unpaired) electrons. The smallest absolute Gasteiger partial charge is 0.0426 e. The molecule has 0 heterocycles. The van der Waals surface area contributed by atoms with Crippen LogP contribution in [0.25, 0.3) is 0 Å². The zero-order valence-electron chi connectivity index (χ0n) is 10.5. The minimum absolute atomic E-state index is 0.687. The van der Waals surface area contributed by atoms with Crippen LogP contribution >= 0.6 is 23.4 Å². The van der Waals surface area contributed by atoms with Crippen molar-refractivity contribution in [3.8, 4) is 0 Å². The van der Waals surface area contributed by atoms with Crippen LogP contribution in [0.15, 0.2) is 41.3 Å². The lowest BCUT2D eigenvalue weighted by Crippen LogP contribution is -1.92. The Morgan fingerprint density at radius 2 is 1.83 bits per heavy atom. The summed E-state index contributed by atoms with van der Waals surface area (Å²) in [6, 6.07) is 12.2. The van der Waals surface area contributed by atoms with Crippen molar-refractivity contribution in [2.24, 2.45) is 0 Å². The van der Waals surface area contributed by atoms with E-state index in [1.54, 1.807) is 17.8 Å². The molecule has 0 saturated carbocycles. The summed E-state index contributed by atoms with van der Waals surface area (Å²) in [5.41, 5.74) is 10.5. The number of benzene rings is 2. The van der Waals surface area contributed by atoms with Gasteiger partial charge in [-0.1, -0.05) is 23.7 Å². The molecule has 18 heavy (non-hydrogen) atoms. The van der Waals surface area contributed by atoms with Crippen LogP contribution in [-0.4, -0.2) is 0 Å². The molecule has 0 amide bonds. The zero-order valence-corrected chi connectivity index (χ0v) is 12.1. The molecule has 0 bridgehead atoms. The molecule has 0 aliphatic heterocycles. The number of hydrogen-bond donors (Lipinski definition) is 1. The van der Waals surface area contributed by atoms with E-state index in [9.17, 15) is 0 Å². The number of hydrogen-bond acceptors (Lipinski definition) is 2.